The largest absolute Gasteiger partial charge is 0.354 e. The maximum Gasteiger partial charge on any atom is 0.314 e. The molecule has 1 atom stereocenters. The molecular weight excluding hydrogens is 302 g/mol. The van der Waals surface area contributed by atoms with Gasteiger partial charge >= 0.3 is 6.03 Å². The van der Waals surface area contributed by atoms with Crippen molar-refractivity contribution in [1.29, 1.82) is 0 Å². The Kier molecular flexibility index (Phi) is 7.59. The summed E-state index contributed by atoms with van der Waals surface area (Å²) in [6, 6.07) is 10.3. The Balaban J connectivity index is 1.78. The highest BCUT2D eigenvalue weighted by Crippen LogP contribution is 2.36. The molecule has 0 aromatic heterocycles. The number of urea groups is 1. The molecule has 0 unspecified atom stereocenters. The SMILES string of the molecule is CCC(=O)NCCNC(=O)NC[C@@H](c1ccccc1)C1CCCC1. The van der Waals surface area contributed by atoms with Crippen LogP contribution in [0.4, 0.5) is 4.79 Å². The van der Waals surface area contributed by atoms with Crippen LogP contribution in [0.3, 0.4) is 0 Å². The first-order chi connectivity index (χ1) is 11.7. The summed E-state index contributed by atoms with van der Waals surface area (Å²) in [6.07, 6.45) is 5.53. The minimum atomic E-state index is -0.167. The molecular formula is C19H29N3O2. The molecule has 0 heterocycles. The van der Waals surface area contributed by atoms with Gasteiger partial charge in [0.1, 0.15) is 0 Å². The van der Waals surface area contributed by atoms with Gasteiger partial charge in [0.25, 0.3) is 0 Å². The summed E-state index contributed by atoms with van der Waals surface area (Å²) in [4.78, 5) is 23.1. The number of nitrogens with one attached hydrogen (secondary N) is 3. The van der Waals surface area contributed by atoms with Gasteiger partial charge in [-0.25, -0.2) is 4.79 Å². The van der Waals surface area contributed by atoms with Crippen LogP contribution in [0.2, 0.25) is 0 Å². The molecule has 132 valence electrons. The average Bonchev–Trinajstić information content (AvgIpc) is 3.14. The van der Waals surface area contributed by atoms with E-state index in [-0.39, 0.29) is 11.9 Å². The van der Waals surface area contributed by atoms with Crippen LogP contribution >= 0.6 is 0 Å². The molecule has 0 saturated heterocycles. The van der Waals surface area contributed by atoms with Gasteiger partial charge in [-0.1, -0.05) is 50.1 Å². The van der Waals surface area contributed by atoms with Crippen molar-refractivity contribution >= 4 is 11.9 Å². The van der Waals surface area contributed by atoms with Gasteiger partial charge in [-0.15, -0.1) is 0 Å². The van der Waals surface area contributed by atoms with E-state index in [1.165, 1.54) is 31.2 Å². The molecule has 1 aliphatic rings. The lowest BCUT2D eigenvalue weighted by atomic mass is 9.85. The summed E-state index contributed by atoms with van der Waals surface area (Å²) in [5.74, 6) is 1.03. The number of benzene rings is 1. The zero-order valence-corrected chi connectivity index (χ0v) is 14.5. The Morgan fingerprint density at radius 1 is 1.04 bits per heavy atom. The summed E-state index contributed by atoms with van der Waals surface area (Å²) >= 11 is 0. The molecule has 1 aromatic rings. The Morgan fingerprint density at radius 2 is 1.71 bits per heavy atom. The molecule has 5 nitrogen and oxygen atoms in total. The van der Waals surface area contributed by atoms with Gasteiger partial charge in [0.15, 0.2) is 0 Å². The van der Waals surface area contributed by atoms with E-state index >= 15 is 0 Å². The quantitative estimate of drug-likeness (QED) is 0.641. The number of rotatable bonds is 8. The highest BCUT2D eigenvalue weighted by molar-refractivity contribution is 5.76. The third-order valence-corrected chi connectivity index (χ3v) is 4.73. The molecule has 1 saturated carbocycles. The highest BCUT2D eigenvalue weighted by Gasteiger charge is 2.26. The van der Waals surface area contributed by atoms with Gasteiger partial charge < -0.3 is 16.0 Å². The molecule has 3 amide bonds. The maximum atomic E-state index is 12.0. The van der Waals surface area contributed by atoms with Gasteiger partial charge in [-0.3, -0.25) is 4.79 Å². The van der Waals surface area contributed by atoms with E-state index in [4.69, 9.17) is 0 Å². The molecule has 0 bridgehead atoms. The van der Waals surface area contributed by atoms with E-state index in [1.54, 1.807) is 0 Å². The molecule has 24 heavy (non-hydrogen) atoms. The lowest BCUT2D eigenvalue weighted by molar-refractivity contribution is -0.120. The summed E-state index contributed by atoms with van der Waals surface area (Å²) in [7, 11) is 0. The number of amides is 3. The van der Waals surface area contributed by atoms with Crippen LogP contribution in [-0.2, 0) is 4.79 Å². The van der Waals surface area contributed by atoms with Gasteiger partial charge in [0.05, 0.1) is 0 Å². The molecule has 2 rings (SSSR count). The van der Waals surface area contributed by atoms with Crippen LogP contribution in [0.15, 0.2) is 30.3 Å². The number of carbonyl (C=O) groups excluding carboxylic acids is 2. The normalized spacial score (nSPS) is 15.7. The minimum Gasteiger partial charge on any atom is -0.354 e. The monoisotopic (exact) mass is 331 g/mol. The van der Waals surface area contributed by atoms with Crippen molar-refractivity contribution in [3.63, 3.8) is 0 Å². The Labute approximate surface area is 144 Å². The van der Waals surface area contributed by atoms with Gasteiger partial charge in [-0.05, 0) is 24.3 Å². The van der Waals surface area contributed by atoms with Crippen molar-refractivity contribution in [2.45, 2.75) is 44.9 Å². The Bertz CT molecular complexity index is 513. The minimum absolute atomic E-state index is 0.00239. The second kappa shape index (κ2) is 9.96. The zero-order valence-electron chi connectivity index (χ0n) is 14.5. The van der Waals surface area contributed by atoms with Crippen molar-refractivity contribution in [3.8, 4) is 0 Å². The van der Waals surface area contributed by atoms with Crippen molar-refractivity contribution in [3.05, 3.63) is 35.9 Å². The predicted octanol–water partition coefficient (Wildman–Crippen LogP) is 2.79. The molecule has 5 heteroatoms. The summed E-state index contributed by atoms with van der Waals surface area (Å²) in [5.41, 5.74) is 1.31. The first-order valence-electron chi connectivity index (χ1n) is 9.04. The van der Waals surface area contributed by atoms with Crippen molar-refractivity contribution < 1.29 is 9.59 Å². The second-order valence-corrected chi connectivity index (χ2v) is 6.40. The number of hydrogen-bond acceptors (Lipinski definition) is 2. The molecule has 0 spiro atoms. The van der Waals surface area contributed by atoms with Crippen LogP contribution in [-0.4, -0.2) is 31.6 Å². The predicted molar refractivity (Wildman–Crippen MR) is 95.8 cm³/mol. The average molecular weight is 331 g/mol. The molecule has 0 radical (unpaired) electrons. The molecule has 1 aliphatic carbocycles. The number of carbonyl (C=O) groups is 2. The van der Waals surface area contributed by atoms with Crippen LogP contribution < -0.4 is 16.0 Å². The summed E-state index contributed by atoms with van der Waals surface area (Å²) in [6.45, 7) is 3.37. The fourth-order valence-corrected chi connectivity index (χ4v) is 3.38. The van der Waals surface area contributed by atoms with Crippen LogP contribution in [0.1, 0.15) is 50.5 Å². The third-order valence-electron chi connectivity index (χ3n) is 4.73. The van der Waals surface area contributed by atoms with Gasteiger partial charge in [0, 0.05) is 32.0 Å². The van der Waals surface area contributed by atoms with Crippen molar-refractivity contribution in [2.24, 2.45) is 5.92 Å². The number of hydrogen-bond donors (Lipinski definition) is 3. The van der Waals surface area contributed by atoms with Crippen molar-refractivity contribution in [1.82, 2.24) is 16.0 Å². The fourth-order valence-electron chi connectivity index (χ4n) is 3.38. The Hall–Kier alpha value is -2.04. The standard InChI is InChI=1S/C19H29N3O2/c1-2-18(23)20-12-13-21-19(24)22-14-17(16-10-6-7-11-16)15-8-4-3-5-9-15/h3-5,8-9,16-17H,2,6-7,10-14H2,1H3,(H,20,23)(H2,21,22,24)/t17-/m0/s1. The van der Waals surface area contributed by atoms with Crippen LogP contribution in [0.5, 0.6) is 0 Å². The fraction of sp³-hybridized carbons (Fsp3) is 0.579. The molecule has 1 aromatic carbocycles. The highest BCUT2D eigenvalue weighted by atomic mass is 16.2. The van der Waals surface area contributed by atoms with E-state index in [2.05, 4.69) is 40.2 Å². The van der Waals surface area contributed by atoms with Gasteiger partial charge in [0.2, 0.25) is 5.91 Å². The maximum absolute atomic E-state index is 12.0. The summed E-state index contributed by atoms with van der Waals surface area (Å²) in [5, 5.41) is 8.53. The van der Waals surface area contributed by atoms with Crippen LogP contribution in [0, 0.1) is 5.92 Å². The van der Waals surface area contributed by atoms with E-state index in [9.17, 15) is 9.59 Å². The topological polar surface area (TPSA) is 70.2 Å². The first kappa shape index (κ1) is 18.3. The van der Waals surface area contributed by atoms with E-state index in [0.29, 0.717) is 37.9 Å². The first-order valence-corrected chi connectivity index (χ1v) is 9.04. The van der Waals surface area contributed by atoms with E-state index in [1.807, 2.05) is 13.0 Å². The smallest absolute Gasteiger partial charge is 0.314 e. The second-order valence-electron chi connectivity index (χ2n) is 6.40. The lowest BCUT2D eigenvalue weighted by Crippen LogP contribution is -2.42. The Morgan fingerprint density at radius 3 is 2.38 bits per heavy atom. The third kappa shape index (κ3) is 5.87. The summed E-state index contributed by atoms with van der Waals surface area (Å²) < 4.78 is 0. The van der Waals surface area contributed by atoms with Crippen molar-refractivity contribution in [2.75, 3.05) is 19.6 Å². The van der Waals surface area contributed by atoms with E-state index in [0.717, 1.165) is 0 Å². The van der Waals surface area contributed by atoms with Gasteiger partial charge in [-0.2, -0.15) is 0 Å². The molecule has 1 fully saturated rings. The van der Waals surface area contributed by atoms with Crippen LogP contribution in [0.25, 0.3) is 0 Å². The lowest BCUT2D eigenvalue weighted by Gasteiger charge is -2.24. The van der Waals surface area contributed by atoms with E-state index < -0.39 is 0 Å². The zero-order chi connectivity index (χ0) is 17.2. The molecule has 3 N–H and O–H groups in total. The molecule has 0 aliphatic heterocycles.